The van der Waals surface area contributed by atoms with Crippen LogP contribution >= 0.6 is 0 Å². The highest BCUT2D eigenvalue weighted by molar-refractivity contribution is 6.04. The Labute approximate surface area is 157 Å². The van der Waals surface area contributed by atoms with Crippen LogP contribution in [0.25, 0.3) is 10.8 Å². The Morgan fingerprint density at radius 3 is 2.44 bits per heavy atom. The molecule has 0 aliphatic rings. The van der Waals surface area contributed by atoms with Gasteiger partial charge in [-0.05, 0) is 35.6 Å². The minimum absolute atomic E-state index is 0.0424. The number of benzene rings is 3. The predicted octanol–water partition coefficient (Wildman–Crippen LogP) is 4.40. The van der Waals surface area contributed by atoms with Gasteiger partial charge < -0.3 is 15.2 Å². The lowest BCUT2D eigenvalue weighted by atomic mass is 10.0. The zero-order valence-electron chi connectivity index (χ0n) is 15.1. The average Bonchev–Trinajstić information content (AvgIpc) is 2.67. The maximum Gasteiger partial charge on any atom is 0.307 e. The number of carbonyl (C=O) groups is 2. The molecule has 0 saturated heterocycles. The van der Waals surface area contributed by atoms with Gasteiger partial charge in [-0.1, -0.05) is 49.4 Å². The van der Waals surface area contributed by atoms with Crippen LogP contribution in [0.3, 0.4) is 0 Å². The molecular weight excluding hydrogens is 342 g/mol. The molecule has 3 aromatic rings. The quantitative estimate of drug-likeness (QED) is 0.652. The van der Waals surface area contributed by atoms with E-state index in [1.807, 2.05) is 37.3 Å². The third-order valence-corrected chi connectivity index (χ3v) is 4.16. The van der Waals surface area contributed by atoms with E-state index in [0.29, 0.717) is 29.2 Å². The molecule has 0 unspecified atom stereocenters. The van der Waals surface area contributed by atoms with Crippen molar-refractivity contribution in [2.24, 2.45) is 0 Å². The third kappa shape index (κ3) is 4.44. The number of ether oxygens (including phenoxy) is 1. The van der Waals surface area contributed by atoms with Crippen LogP contribution in [0, 0.1) is 0 Å². The van der Waals surface area contributed by atoms with Crippen LogP contribution in [0.4, 0.5) is 0 Å². The Balaban J connectivity index is 1.97. The summed E-state index contributed by atoms with van der Waals surface area (Å²) in [6, 6.07) is 18.2. The van der Waals surface area contributed by atoms with E-state index in [0.717, 1.165) is 17.2 Å². The number of amides is 1. The van der Waals surface area contributed by atoms with Crippen LogP contribution in [-0.2, 0) is 11.2 Å². The second kappa shape index (κ2) is 8.36. The molecule has 3 aromatic carbocycles. The van der Waals surface area contributed by atoms with Gasteiger partial charge >= 0.3 is 5.97 Å². The standard InChI is InChI=1S/C22H21NO4/c1-2-13-23-22(26)19-12-9-16-5-3-4-6-18(16)21(19)27-17-10-7-15(8-11-17)14-20(24)25/h3-12H,2,13-14H2,1H3,(H,23,26)(H,24,25). The average molecular weight is 363 g/mol. The third-order valence-electron chi connectivity index (χ3n) is 4.16. The molecule has 0 saturated carbocycles. The summed E-state index contributed by atoms with van der Waals surface area (Å²) in [6.07, 6.45) is 0.805. The smallest absolute Gasteiger partial charge is 0.307 e. The number of aliphatic carboxylic acids is 1. The summed E-state index contributed by atoms with van der Waals surface area (Å²) in [7, 11) is 0. The van der Waals surface area contributed by atoms with Gasteiger partial charge in [-0.2, -0.15) is 0 Å². The fourth-order valence-corrected chi connectivity index (χ4v) is 2.83. The van der Waals surface area contributed by atoms with Crippen molar-refractivity contribution in [2.75, 3.05) is 6.54 Å². The van der Waals surface area contributed by atoms with Crippen molar-refractivity contribution in [1.82, 2.24) is 5.32 Å². The molecule has 1 amide bonds. The topological polar surface area (TPSA) is 75.6 Å². The van der Waals surface area contributed by atoms with E-state index in [9.17, 15) is 9.59 Å². The lowest BCUT2D eigenvalue weighted by Gasteiger charge is -2.14. The lowest BCUT2D eigenvalue weighted by Crippen LogP contribution is -2.24. The zero-order valence-corrected chi connectivity index (χ0v) is 15.1. The first-order valence-electron chi connectivity index (χ1n) is 8.87. The van der Waals surface area contributed by atoms with Gasteiger partial charge in [0.15, 0.2) is 0 Å². The molecule has 0 aromatic heterocycles. The van der Waals surface area contributed by atoms with E-state index in [4.69, 9.17) is 9.84 Å². The van der Waals surface area contributed by atoms with E-state index in [1.54, 1.807) is 30.3 Å². The van der Waals surface area contributed by atoms with Gasteiger partial charge in [0.1, 0.15) is 11.5 Å². The first kappa shape index (κ1) is 18.5. The number of fused-ring (bicyclic) bond motifs is 1. The largest absolute Gasteiger partial charge is 0.481 e. The molecule has 0 aliphatic heterocycles. The summed E-state index contributed by atoms with van der Waals surface area (Å²) in [6.45, 7) is 2.59. The van der Waals surface area contributed by atoms with Crippen molar-refractivity contribution in [3.8, 4) is 11.5 Å². The normalized spacial score (nSPS) is 10.6. The van der Waals surface area contributed by atoms with Crippen LogP contribution < -0.4 is 10.1 Å². The van der Waals surface area contributed by atoms with Crippen LogP contribution in [0.5, 0.6) is 11.5 Å². The monoisotopic (exact) mass is 363 g/mol. The fraction of sp³-hybridized carbons (Fsp3) is 0.182. The van der Waals surface area contributed by atoms with Gasteiger partial charge in [-0.3, -0.25) is 9.59 Å². The van der Waals surface area contributed by atoms with E-state index in [1.165, 1.54) is 0 Å². The Hall–Kier alpha value is -3.34. The highest BCUT2D eigenvalue weighted by atomic mass is 16.5. The highest BCUT2D eigenvalue weighted by Crippen LogP contribution is 2.34. The molecule has 0 bridgehead atoms. The van der Waals surface area contributed by atoms with Crippen molar-refractivity contribution < 1.29 is 19.4 Å². The number of carboxylic acids is 1. The number of hydrogen-bond donors (Lipinski definition) is 2. The summed E-state index contributed by atoms with van der Waals surface area (Å²) >= 11 is 0. The van der Waals surface area contributed by atoms with Crippen molar-refractivity contribution in [3.05, 3.63) is 71.8 Å². The van der Waals surface area contributed by atoms with Crippen LogP contribution in [0.15, 0.2) is 60.7 Å². The van der Waals surface area contributed by atoms with Gasteiger partial charge in [0, 0.05) is 11.9 Å². The SMILES string of the molecule is CCCNC(=O)c1ccc2ccccc2c1Oc1ccc(CC(=O)O)cc1. The Morgan fingerprint density at radius 2 is 1.74 bits per heavy atom. The summed E-state index contributed by atoms with van der Waals surface area (Å²) in [4.78, 5) is 23.4. The minimum atomic E-state index is -0.882. The Morgan fingerprint density at radius 1 is 1.00 bits per heavy atom. The van der Waals surface area contributed by atoms with Crippen LogP contribution in [0.1, 0.15) is 29.3 Å². The molecule has 2 N–H and O–H groups in total. The fourth-order valence-electron chi connectivity index (χ4n) is 2.83. The van der Waals surface area contributed by atoms with Gasteiger partial charge in [0.25, 0.3) is 5.91 Å². The maximum absolute atomic E-state index is 12.6. The maximum atomic E-state index is 12.6. The first-order chi connectivity index (χ1) is 13.1. The van der Waals surface area contributed by atoms with Crippen molar-refractivity contribution in [3.63, 3.8) is 0 Å². The Kier molecular flexibility index (Phi) is 5.71. The summed E-state index contributed by atoms with van der Waals surface area (Å²) in [5, 5.41) is 13.6. The van der Waals surface area contributed by atoms with Gasteiger partial charge in [0.2, 0.25) is 0 Å². The van der Waals surface area contributed by atoms with Crippen molar-refractivity contribution in [1.29, 1.82) is 0 Å². The highest BCUT2D eigenvalue weighted by Gasteiger charge is 2.16. The Bertz CT molecular complexity index is 964. The van der Waals surface area contributed by atoms with E-state index in [-0.39, 0.29) is 12.3 Å². The van der Waals surface area contributed by atoms with E-state index >= 15 is 0 Å². The number of nitrogens with one attached hydrogen (secondary N) is 1. The number of carboxylic acid groups (broad SMARTS) is 1. The second-order valence-electron chi connectivity index (χ2n) is 6.24. The molecule has 0 heterocycles. The first-order valence-corrected chi connectivity index (χ1v) is 8.87. The summed E-state index contributed by atoms with van der Waals surface area (Å²) in [5.41, 5.74) is 1.16. The van der Waals surface area contributed by atoms with Crippen molar-refractivity contribution in [2.45, 2.75) is 19.8 Å². The van der Waals surface area contributed by atoms with E-state index < -0.39 is 5.97 Å². The molecule has 5 heteroatoms. The molecule has 0 radical (unpaired) electrons. The van der Waals surface area contributed by atoms with Crippen LogP contribution in [-0.4, -0.2) is 23.5 Å². The predicted molar refractivity (Wildman–Crippen MR) is 104 cm³/mol. The van der Waals surface area contributed by atoms with Gasteiger partial charge in [-0.25, -0.2) is 0 Å². The zero-order chi connectivity index (χ0) is 19.2. The molecule has 5 nitrogen and oxygen atoms in total. The van der Waals surface area contributed by atoms with E-state index in [2.05, 4.69) is 5.32 Å². The molecule has 3 rings (SSSR count). The lowest BCUT2D eigenvalue weighted by molar-refractivity contribution is -0.136. The molecule has 0 aliphatic carbocycles. The molecular formula is C22H21NO4. The molecule has 138 valence electrons. The molecule has 27 heavy (non-hydrogen) atoms. The molecule has 0 fully saturated rings. The molecule has 0 spiro atoms. The summed E-state index contributed by atoms with van der Waals surface area (Å²) in [5.74, 6) is -0.0228. The second-order valence-corrected chi connectivity index (χ2v) is 6.24. The number of carbonyl (C=O) groups excluding carboxylic acids is 1. The van der Waals surface area contributed by atoms with Gasteiger partial charge in [-0.15, -0.1) is 0 Å². The molecule has 0 atom stereocenters. The van der Waals surface area contributed by atoms with Crippen molar-refractivity contribution >= 4 is 22.6 Å². The van der Waals surface area contributed by atoms with Gasteiger partial charge in [0.05, 0.1) is 12.0 Å². The number of rotatable bonds is 7. The van der Waals surface area contributed by atoms with Crippen LogP contribution in [0.2, 0.25) is 0 Å². The number of hydrogen-bond acceptors (Lipinski definition) is 3. The summed E-state index contributed by atoms with van der Waals surface area (Å²) < 4.78 is 6.08. The minimum Gasteiger partial charge on any atom is -0.481 e.